The Morgan fingerprint density at radius 3 is 2.32 bits per heavy atom. The molecule has 4 nitrogen and oxygen atoms in total. The number of hydrogen-bond donors (Lipinski definition) is 3. The third-order valence-corrected chi connectivity index (χ3v) is 7.64. The molecule has 0 heterocycles. The Kier molecular flexibility index (Phi) is 13.0. The number of carbonyl (C=O) groups is 1. The van der Waals surface area contributed by atoms with Crippen LogP contribution in [0.15, 0.2) is 11.6 Å². The number of aliphatic carboxylic acids is 1. The van der Waals surface area contributed by atoms with Crippen molar-refractivity contribution in [3.05, 3.63) is 11.6 Å². The lowest BCUT2D eigenvalue weighted by Crippen LogP contribution is -2.44. The van der Waals surface area contributed by atoms with E-state index in [2.05, 4.69) is 33.8 Å². The number of carboxylic acids is 1. The normalized spacial score (nSPS) is 22.7. The van der Waals surface area contributed by atoms with Crippen LogP contribution in [0.4, 0.5) is 0 Å². The van der Waals surface area contributed by atoms with Gasteiger partial charge >= 0.3 is 5.97 Å². The maximum atomic E-state index is 11.8. The molecule has 1 aliphatic rings. The lowest BCUT2D eigenvalue weighted by Gasteiger charge is -2.43. The van der Waals surface area contributed by atoms with Gasteiger partial charge in [-0.1, -0.05) is 90.7 Å². The highest BCUT2D eigenvalue weighted by Crippen LogP contribution is 2.44. The highest BCUT2D eigenvalue weighted by atomic mass is 16.4. The molecular formula is C27H50O4. The molecule has 1 aliphatic carbocycles. The van der Waals surface area contributed by atoms with E-state index in [9.17, 15) is 15.0 Å². The molecule has 0 bridgehead atoms. The fraction of sp³-hybridized carbons (Fsp3) is 0.889. The average Bonchev–Trinajstić information content (AvgIpc) is 3.07. The van der Waals surface area contributed by atoms with Gasteiger partial charge in [0.25, 0.3) is 0 Å². The predicted molar refractivity (Wildman–Crippen MR) is 129 cm³/mol. The summed E-state index contributed by atoms with van der Waals surface area (Å²) in [5.74, 6) is -0.511. The monoisotopic (exact) mass is 438 g/mol. The molecule has 0 aromatic carbocycles. The fourth-order valence-electron chi connectivity index (χ4n) is 5.11. The van der Waals surface area contributed by atoms with Gasteiger partial charge in [0, 0.05) is 12.3 Å². The molecule has 0 aliphatic heterocycles. The zero-order valence-electron chi connectivity index (χ0n) is 20.8. The Hall–Kier alpha value is -0.870. The quantitative estimate of drug-likeness (QED) is 0.168. The minimum absolute atomic E-state index is 0.120. The van der Waals surface area contributed by atoms with Gasteiger partial charge in [-0.15, -0.1) is 0 Å². The van der Waals surface area contributed by atoms with Crippen LogP contribution in [0.3, 0.4) is 0 Å². The molecule has 31 heavy (non-hydrogen) atoms. The second kappa shape index (κ2) is 14.3. The molecule has 4 heteroatoms. The maximum Gasteiger partial charge on any atom is 0.303 e. The largest absolute Gasteiger partial charge is 0.481 e. The summed E-state index contributed by atoms with van der Waals surface area (Å²) in [4.78, 5) is 10.6. The molecule has 1 unspecified atom stereocenters. The highest BCUT2D eigenvalue weighted by molar-refractivity contribution is 5.66. The first-order chi connectivity index (χ1) is 14.7. The predicted octanol–water partition coefficient (Wildman–Crippen LogP) is 7.03. The molecule has 0 spiro atoms. The molecule has 182 valence electrons. The summed E-state index contributed by atoms with van der Waals surface area (Å²) in [6.45, 7) is 8.87. The van der Waals surface area contributed by atoms with Gasteiger partial charge in [0.15, 0.2) is 0 Å². The van der Waals surface area contributed by atoms with Crippen molar-refractivity contribution < 1.29 is 20.1 Å². The molecule has 3 atom stereocenters. The van der Waals surface area contributed by atoms with Crippen molar-refractivity contribution in [2.75, 3.05) is 0 Å². The summed E-state index contributed by atoms with van der Waals surface area (Å²) in [6, 6.07) is 0. The van der Waals surface area contributed by atoms with E-state index in [1.807, 2.05) is 0 Å². The van der Waals surface area contributed by atoms with Crippen LogP contribution in [0.2, 0.25) is 0 Å². The van der Waals surface area contributed by atoms with E-state index in [1.54, 1.807) is 0 Å². The van der Waals surface area contributed by atoms with E-state index < -0.39 is 11.6 Å². The van der Waals surface area contributed by atoms with Gasteiger partial charge in [-0.2, -0.15) is 0 Å². The van der Waals surface area contributed by atoms with Crippen molar-refractivity contribution in [2.45, 2.75) is 142 Å². The third kappa shape index (κ3) is 9.65. The Labute approximate surface area is 191 Å². The van der Waals surface area contributed by atoms with Crippen molar-refractivity contribution in [2.24, 2.45) is 11.3 Å². The topological polar surface area (TPSA) is 77.8 Å². The minimum Gasteiger partial charge on any atom is -0.481 e. The van der Waals surface area contributed by atoms with E-state index in [4.69, 9.17) is 5.11 Å². The molecule has 0 radical (unpaired) electrons. The Morgan fingerprint density at radius 2 is 1.68 bits per heavy atom. The minimum atomic E-state index is -0.718. The zero-order chi connectivity index (χ0) is 23.3. The van der Waals surface area contributed by atoms with Gasteiger partial charge in [0.05, 0.1) is 11.7 Å². The van der Waals surface area contributed by atoms with Gasteiger partial charge in [-0.25, -0.2) is 0 Å². The van der Waals surface area contributed by atoms with E-state index in [0.29, 0.717) is 6.42 Å². The lowest BCUT2D eigenvalue weighted by atomic mass is 9.67. The molecule has 0 aromatic heterocycles. The second-order valence-corrected chi connectivity index (χ2v) is 10.5. The SMILES string of the molecule is CCCCCC(O)(CC=C1CC[C@@H](O)[C@@H]1CCCCCCC(=O)O)C(C)(C)CCCC. The van der Waals surface area contributed by atoms with Crippen molar-refractivity contribution in [1.82, 2.24) is 0 Å². The van der Waals surface area contributed by atoms with Crippen molar-refractivity contribution in [3.63, 3.8) is 0 Å². The van der Waals surface area contributed by atoms with Crippen LogP contribution in [-0.2, 0) is 4.79 Å². The number of aliphatic hydroxyl groups is 2. The number of carboxylic acid groups (broad SMARTS) is 1. The van der Waals surface area contributed by atoms with Gasteiger partial charge in [0.2, 0.25) is 0 Å². The first kappa shape index (κ1) is 28.2. The summed E-state index contributed by atoms with van der Waals surface area (Å²) in [5, 5.41) is 31.0. The maximum absolute atomic E-state index is 11.8. The number of aliphatic hydroxyl groups excluding tert-OH is 1. The third-order valence-electron chi connectivity index (χ3n) is 7.64. The molecule has 0 saturated heterocycles. The molecule has 1 saturated carbocycles. The fourth-order valence-corrected chi connectivity index (χ4v) is 5.11. The molecular weight excluding hydrogens is 388 g/mol. The summed E-state index contributed by atoms with van der Waals surface area (Å²) >= 11 is 0. The van der Waals surface area contributed by atoms with Gasteiger partial charge in [-0.3, -0.25) is 4.79 Å². The van der Waals surface area contributed by atoms with Crippen molar-refractivity contribution in [1.29, 1.82) is 0 Å². The molecule has 1 rings (SSSR count). The van der Waals surface area contributed by atoms with Crippen LogP contribution < -0.4 is 0 Å². The summed E-state index contributed by atoms with van der Waals surface area (Å²) < 4.78 is 0. The second-order valence-electron chi connectivity index (χ2n) is 10.5. The number of unbranched alkanes of at least 4 members (excludes halogenated alkanes) is 6. The highest BCUT2D eigenvalue weighted by Gasteiger charge is 2.42. The summed E-state index contributed by atoms with van der Waals surface area (Å²) in [6.07, 6.45) is 16.9. The standard InChI is InChI=1S/C27H50O4/c1-5-7-13-20-27(31,26(3,4)19-8-6-2)21-18-22-16-17-24(28)23(22)14-11-9-10-12-15-25(29)30/h18,23-24,28,31H,5-17,19-21H2,1-4H3,(H,29,30)/t23-,24-,27?/m1/s1. The smallest absolute Gasteiger partial charge is 0.303 e. The molecule has 1 fully saturated rings. The molecule has 0 amide bonds. The lowest BCUT2D eigenvalue weighted by molar-refractivity contribution is -0.137. The zero-order valence-corrected chi connectivity index (χ0v) is 20.8. The first-order valence-electron chi connectivity index (χ1n) is 13.0. The Balaban J connectivity index is 2.74. The van der Waals surface area contributed by atoms with Crippen LogP contribution >= 0.6 is 0 Å². The van der Waals surface area contributed by atoms with Crippen molar-refractivity contribution >= 4 is 5.97 Å². The van der Waals surface area contributed by atoms with Crippen LogP contribution in [0.5, 0.6) is 0 Å². The van der Waals surface area contributed by atoms with E-state index in [1.165, 1.54) is 5.57 Å². The Morgan fingerprint density at radius 1 is 1.00 bits per heavy atom. The van der Waals surface area contributed by atoms with E-state index in [0.717, 1.165) is 89.9 Å². The first-order valence-corrected chi connectivity index (χ1v) is 13.0. The van der Waals surface area contributed by atoms with Crippen LogP contribution in [0.1, 0.15) is 130 Å². The summed E-state index contributed by atoms with van der Waals surface area (Å²) in [7, 11) is 0. The molecule has 3 N–H and O–H groups in total. The average molecular weight is 439 g/mol. The van der Waals surface area contributed by atoms with Gasteiger partial charge in [0.1, 0.15) is 0 Å². The van der Waals surface area contributed by atoms with Gasteiger partial charge < -0.3 is 15.3 Å². The van der Waals surface area contributed by atoms with Crippen LogP contribution in [0.25, 0.3) is 0 Å². The Bertz CT molecular complexity index is 539. The van der Waals surface area contributed by atoms with Crippen LogP contribution in [-0.4, -0.2) is 33.0 Å². The molecule has 0 aromatic rings. The summed E-state index contributed by atoms with van der Waals surface area (Å²) in [5.41, 5.74) is 0.516. The number of hydrogen-bond acceptors (Lipinski definition) is 3. The van der Waals surface area contributed by atoms with Crippen LogP contribution in [0, 0.1) is 11.3 Å². The van der Waals surface area contributed by atoms with E-state index >= 15 is 0 Å². The number of rotatable bonds is 17. The van der Waals surface area contributed by atoms with Crippen molar-refractivity contribution in [3.8, 4) is 0 Å². The van der Waals surface area contributed by atoms with E-state index in [-0.39, 0.29) is 23.9 Å². The van der Waals surface area contributed by atoms with Gasteiger partial charge in [-0.05, 0) is 50.4 Å².